The zero-order valence-electron chi connectivity index (χ0n) is 17.8. The van der Waals surface area contributed by atoms with E-state index in [-0.39, 0.29) is 5.97 Å². The third kappa shape index (κ3) is 3.16. The normalized spacial score (nSPS) is 49.0. The summed E-state index contributed by atoms with van der Waals surface area (Å²) in [6.45, 7) is 5.21. The summed E-state index contributed by atoms with van der Waals surface area (Å²) in [5.41, 5.74) is 7.92. The predicted octanol–water partition coefficient (Wildman–Crippen LogP) is 5.32. The third-order valence-electron chi connectivity index (χ3n) is 10.0. The molecule has 0 aliphatic heterocycles. The van der Waals surface area contributed by atoms with Crippen molar-refractivity contribution >= 4 is 5.97 Å². The summed E-state index contributed by atoms with van der Waals surface area (Å²) in [5.74, 6) is 4.02. The van der Waals surface area contributed by atoms with Crippen molar-refractivity contribution in [1.29, 1.82) is 0 Å². The number of carbonyl (C=O) groups is 1. The highest BCUT2D eigenvalue weighted by atomic mass is 16.5. The van der Waals surface area contributed by atoms with Gasteiger partial charge in [0, 0.05) is 12.5 Å². The minimum Gasteiger partial charge on any atom is -0.469 e. The van der Waals surface area contributed by atoms with Gasteiger partial charge in [-0.2, -0.15) is 0 Å². The van der Waals surface area contributed by atoms with Gasteiger partial charge in [-0.3, -0.25) is 4.79 Å². The van der Waals surface area contributed by atoms with Gasteiger partial charge in [-0.25, -0.2) is 0 Å². The molecule has 0 bridgehead atoms. The molecule has 0 heterocycles. The summed E-state index contributed by atoms with van der Waals surface area (Å²) in [7, 11) is 1.50. The van der Waals surface area contributed by atoms with E-state index in [1.165, 1.54) is 71.3 Å². The Morgan fingerprint density at radius 1 is 1.04 bits per heavy atom. The SMILES string of the molecule is COC(=O)CCC[C@H]1CCC2C3C(CC[C@@]21C)[C@@]1(C)CCCCC1C[C@@H]3N. The fourth-order valence-electron chi connectivity index (χ4n) is 8.53. The lowest BCUT2D eigenvalue weighted by molar-refractivity contribution is -0.141. The van der Waals surface area contributed by atoms with Crippen LogP contribution in [0.1, 0.15) is 90.9 Å². The Kier molecular flexibility index (Phi) is 5.37. The Morgan fingerprint density at radius 3 is 2.59 bits per heavy atom. The van der Waals surface area contributed by atoms with Gasteiger partial charge in [0.2, 0.25) is 0 Å². The average molecular weight is 376 g/mol. The van der Waals surface area contributed by atoms with Crippen LogP contribution in [-0.2, 0) is 9.53 Å². The van der Waals surface area contributed by atoms with E-state index in [0.717, 1.165) is 36.0 Å². The summed E-state index contributed by atoms with van der Waals surface area (Å²) in [6.07, 6.45) is 15.3. The summed E-state index contributed by atoms with van der Waals surface area (Å²) in [6, 6.07) is 0.421. The quantitative estimate of drug-likeness (QED) is 0.677. The van der Waals surface area contributed by atoms with Crippen LogP contribution in [0.15, 0.2) is 0 Å². The van der Waals surface area contributed by atoms with Crippen LogP contribution in [0.25, 0.3) is 0 Å². The molecule has 4 fully saturated rings. The van der Waals surface area contributed by atoms with Gasteiger partial charge in [0.25, 0.3) is 0 Å². The second-order valence-corrected chi connectivity index (χ2v) is 10.9. The number of hydrogen-bond donors (Lipinski definition) is 1. The lowest BCUT2D eigenvalue weighted by atomic mass is 9.44. The van der Waals surface area contributed by atoms with Gasteiger partial charge in [-0.15, -0.1) is 0 Å². The van der Waals surface area contributed by atoms with E-state index in [9.17, 15) is 4.79 Å². The monoisotopic (exact) mass is 375 g/mol. The smallest absolute Gasteiger partial charge is 0.305 e. The molecule has 154 valence electrons. The number of esters is 1. The first-order valence-electron chi connectivity index (χ1n) is 11.7. The Hall–Kier alpha value is -0.570. The number of carbonyl (C=O) groups excluding carboxylic acids is 1. The second-order valence-electron chi connectivity index (χ2n) is 10.9. The highest BCUT2D eigenvalue weighted by Gasteiger charge is 2.61. The fourth-order valence-corrected chi connectivity index (χ4v) is 8.53. The van der Waals surface area contributed by atoms with E-state index in [2.05, 4.69) is 13.8 Å². The molecule has 0 spiro atoms. The zero-order valence-corrected chi connectivity index (χ0v) is 17.8. The fraction of sp³-hybridized carbons (Fsp3) is 0.958. The van der Waals surface area contributed by atoms with E-state index in [0.29, 0.717) is 23.3 Å². The van der Waals surface area contributed by atoms with Crippen LogP contribution in [0, 0.1) is 40.4 Å². The summed E-state index contributed by atoms with van der Waals surface area (Å²) in [4.78, 5) is 11.5. The van der Waals surface area contributed by atoms with Crippen LogP contribution in [0.2, 0.25) is 0 Å². The summed E-state index contributed by atoms with van der Waals surface area (Å²) in [5, 5.41) is 0. The lowest BCUT2D eigenvalue weighted by Crippen LogP contribution is -2.59. The van der Waals surface area contributed by atoms with Crippen molar-refractivity contribution in [3.05, 3.63) is 0 Å². The summed E-state index contributed by atoms with van der Waals surface area (Å²) >= 11 is 0. The van der Waals surface area contributed by atoms with E-state index in [1.54, 1.807) is 0 Å². The Morgan fingerprint density at radius 2 is 1.81 bits per heavy atom. The highest BCUT2D eigenvalue weighted by molar-refractivity contribution is 5.68. The molecule has 4 aliphatic carbocycles. The minimum absolute atomic E-state index is 0.0519. The standard InChI is InChI=1S/C24H41NO2/c1-23-13-5-4-7-17(23)15-20(25)22-18-11-10-16(8-6-9-21(26)27-3)24(18,2)14-12-19(22)23/h16-20,22H,4-15,25H2,1-3H3/t16-,17?,18?,19?,20-,22?,23-,24+/m0/s1. The molecular weight excluding hydrogens is 334 g/mol. The first-order chi connectivity index (χ1) is 12.9. The maximum atomic E-state index is 11.5. The van der Waals surface area contributed by atoms with Crippen LogP contribution in [0.5, 0.6) is 0 Å². The van der Waals surface area contributed by atoms with Crippen LogP contribution >= 0.6 is 0 Å². The number of fused-ring (bicyclic) bond motifs is 5. The molecule has 0 aromatic heterocycles. The average Bonchev–Trinajstić information content (AvgIpc) is 2.98. The molecule has 4 saturated carbocycles. The van der Waals surface area contributed by atoms with Crippen molar-refractivity contribution in [3.63, 3.8) is 0 Å². The van der Waals surface area contributed by atoms with Crippen LogP contribution in [-0.4, -0.2) is 19.1 Å². The molecule has 0 saturated heterocycles. The third-order valence-corrected chi connectivity index (χ3v) is 10.0. The molecule has 4 rings (SSSR count). The Bertz CT molecular complexity index is 563. The van der Waals surface area contributed by atoms with Crippen molar-refractivity contribution in [1.82, 2.24) is 0 Å². The van der Waals surface area contributed by atoms with Crippen LogP contribution < -0.4 is 5.73 Å². The van der Waals surface area contributed by atoms with Crippen molar-refractivity contribution in [2.24, 2.45) is 46.2 Å². The van der Waals surface area contributed by atoms with Gasteiger partial charge in [-0.1, -0.05) is 26.7 Å². The minimum atomic E-state index is -0.0519. The number of ether oxygens (including phenoxy) is 1. The molecule has 0 radical (unpaired) electrons. The molecule has 0 aromatic carbocycles. The molecule has 4 aliphatic rings. The Labute approximate surface area is 166 Å². The van der Waals surface area contributed by atoms with Gasteiger partial charge < -0.3 is 10.5 Å². The van der Waals surface area contributed by atoms with Gasteiger partial charge in [0.15, 0.2) is 0 Å². The molecular formula is C24H41NO2. The molecule has 0 aromatic rings. The molecule has 0 amide bonds. The van der Waals surface area contributed by atoms with E-state index in [4.69, 9.17) is 10.5 Å². The predicted molar refractivity (Wildman–Crippen MR) is 109 cm³/mol. The largest absolute Gasteiger partial charge is 0.469 e. The molecule has 4 unspecified atom stereocenters. The first kappa shape index (κ1) is 19.7. The van der Waals surface area contributed by atoms with Crippen molar-refractivity contribution in [2.75, 3.05) is 7.11 Å². The van der Waals surface area contributed by atoms with Crippen molar-refractivity contribution < 1.29 is 9.53 Å². The van der Waals surface area contributed by atoms with Crippen LogP contribution in [0.3, 0.4) is 0 Å². The van der Waals surface area contributed by atoms with Crippen molar-refractivity contribution in [3.8, 4) is 0 Å². The van der Waals surface area contributed by atoms with Gasteiger partial charge in [0.05, 0.1) is 7.11 Å². The molecule has 27 heavy (non-hydrogen) atoms. The number of hydrogen-bond acceptors (Lipinski definition) is 3. The van der Waals surface area contributed by atoms with Crippen molar-refractivity contribution in [2.45, 2.75) is 96.9 Å². The molecule has 3 nitrogen and oxygen atoms in total. The highest BCUT2D eigenvalue weighted by Crippen LogP contribution is 2.67. The van der Waals surface area contributed by atoms with E-state index >= 15 is 0 Å². The maximum absolute atomic E-state index is 11.5. The number of methoxy groups -OCH3 is 1. The van der Waals surface area contributed by atoms with E-state index < -0.39 is 0 Å². The second kappa shape index (κ2) is 7.35. The first-order valence-corrected chi connectivity index (χ1v) is 11.7. The summed E-state index contributed by atoms with van der Waals surface area (Å²) < 4.78 is 4.84. The van der Waals surface area contributed by atoms with Gasteiger partial charge in [0.1, 0.15) is 0 Å². The number of nitrogens with two attached hydrogens (primary N) is 1. The Balaban J connectivity index is 1.49. The van der Waals surface area contributed by atoms with E-state index in [1.807, 2.05) is 0 Å². The lowest BCUT2D eigenvalue weighted by Gasteiger charge is -2.62. The molecule has 2 N–H and O–H groups in total. The molecule has 8 atom stereocenters. The van der Waals surface area contributed by atoms with Crippen LogP contribution in [0.4, 0.5) is 0 Å². The zero-order chi connectivity index (χ0) is 19.2. The van der Waals surface area contributed by atoms with Gasteiger partial charge in [-0.05, 0) is 98.2 Å². The maximum Gasteiger partial charge on any atom is 0.305 e. The topological polar surface area (TPSA) is 52.3 Å². The molecule has 3 heteroatoms. The van der Waals surface area contributed by atoms with Gasteiger partial charge >= 0.3 is 5.97 Å². The number of rotatable bonds is 4.